The van der Waals surface area contributed by atoms with Crippen LogP contribution in [0.2, 0.25) is 0 Å². The SMILES string of the molecule is COc1c(O)ccc2c1OCC2. The molecule has 0 fully saturated rings. The molecule has 0 radical (unpaired) electrons. The van der Waals surface area contributed by atoms with Crippen molar-refractivity contribution >= 4 is 0 Å². The smallest absolute Gasteiger partial charge is 0.203 e. The van der Waals surface area contributed by atoms with E-state index in [0.29, 0.717) is 18.1 Å². The fourth-order valence-corrected chi connectivity index (χ4v) is 1.41. The van der Waals surface area contributed by atoms with Crippen LogP contribution < -0.4 is 9.47 Å². The topological polar surface area (TPSA) is 38.7 Å². The number of methoxy groups -OCH3 is 1. The van der Waals surface area contributed by atoms with Gasteiger partial charge in [0.2, 0.25) is 5.75 Å². The van der Waals surface area contributed by atoms with E-state index in [1.165, 1.54) is 7.11 Å². The quantitative estimate of drug-likeness (QED) is 0.684. The predicted octanol–water partition coefficient (Wildman–Crippen LogP) is 1.34. The van der Waals surface area contributed by atoms with E-state index in [2.05, 4.69) is 0 Å². The van der Waals surface area contributed by atoms with Gasteiger partial charge >= 0.3 is 0 Å². The minimum atomic E-state index is 0.137. The maximum atomic E-state index is 9.37. The molecule has 2 rings (SSSR count). The van der Waals surface area contributed by atoms with Gasteiger partial charge in [-0.25, -0.2) is 0 Å². The Labute approximate surface area is 70.5 Å². The molecule has 0 aromatic heterocycles. The molecule has 3 heteroatoms. The molecule has 1 N–H and O–H groups in total. The van der Waals surface area contributed by atoms with Crippen LogP contribution in [-0.2, 0) is 6.42 Å². The van der Waals surface area contributed by atoms with E-state index in [4.69, 9.17) is 9.47 Å². The largest absolute Gasteiger partial charge is 0.504 e. The van der Waals surface area contributed by atoms with Crippen molar-refractivity contribution in [1.82, 2.24) is 0 Å². The highest BCUT2D eigenvalue weighted by Crippen LogP contribution is 2.41. The Bertz CT molecular complexity index is 307. The maximum absolute atomic E-state index is 9.37. The average molecular weight is 166 g/mol. The molecule has 12 heavy (non-hydrogen) atoms. The molecular formula is C9H10O3. The number of rotatable bonds is 1. The van der Waals surface area contributed by atoms with Gasteiger partial charge in [0.25, 0.3) is 0 Å². The number of hydrogen-bond donors (Lipinski definition) is 1. The Hall–Kier alpha value is -1.38. The fraction of sp³-hybridized carbons (Fsp3) is 0.333. The van der Waals surface area contributed by atoms with Gasteiger partial charge in [-0.1, -0.05) is 6.07 Å². The fourth-order valence-electron chi connectivity index (χ4n) is 1.41. The summed E-state index contributed by atoms with van der Waals surface area (Å²) in [6.45, 7) is 0.676. The van der Waals surface area contributed by atoms with Crippen LogP contribution in [0.4, 0.5) is 0 Å². The summed E-state index contributed by atoms with van der Waals surface area (Å²) in [6.07, 6.45) is 0.895. The molecule has 1 heterocycles. The van der Waals surface area contributed by atoms with Crippen LogP contribution in [0.15, 0.2) is 12.1 Å². The van der Waals surface area contributed by atoms with Crippen molar-refractivity contribution in [2.45, 2.75) is 6.42 Å². The number of benzene rings is 1. The van der Waals surface area contributed by atoms with E-state index in [-0.39, 0.29) is 5.75 Å². The lowest BCUT2D eigenvalue weighted by molar-refractivity contribution is 0.314. The van der Waals surface area contributed by atoms with Gasteiger partial charge in [-0.3, -0.25) is 0 Å². The monoisotopic (exact) mass is 166 g/mol. The van der Waals surface area contributed by atoms with Crippen LogP contribution in [0.1, 0.15) is 5.56 Å². The number of hydrogen-bond acceptors (Lipinski definition) is 3. The normalized spacial score (nSPS) is 13.8. The second-order valence-electron chi connectivity index (χ2n) is 2.70. The number of phenols is 1. The van der Waals surface area contributed by atoms with Gasteiger partial charge in [0.15, 0.2) is 11.5 Å². The lowest BCUT2D eigenvalue weighted by atomic mass is 10.1. The molecule has 0 atom stereocenters. The summed E-state index contributed by atoms with van der Waals surface area (Å²) in [6, 6.07) is 3.49. The van der Waals surface area contributed by atoms with E-state index in [1.807, 2.05) is 6.07 Å². The molecule has 3 nitrogen and oxygen atoms in total. The summed E-state index contributed by atoms with van der Waals surface area (Å²) >= 11 is 0. The molecule has 1 aliphatic rings. The lowest BCUT2D eigenvalue weighted by Crippen LogP contribution is -1.90. The minimum absolute atomic E-state index is 0.137. The van der Waals surface area contributed by atoms with Crippen molar-refractivity contribution < 1.29 is 14.6 Å². The highest BCUT2D eigenvalue weighted by atomic mass is 16.5. The van der Waals surface area contributed by atoms with Gasteiger partial charge in [-0.15, -0.1) is 0 Å². The third-order valence-electron chi connectivity index (χ3n) is 1.99. The summed E-state index contributed by atoms with van der Waals surface area (Å²) in [5.41, 5.74) is 1.10. The lowest BCUT2D eigenvalue weighted by Gasteiger charge is -2.07. The van der Waals surface area contributed by atoms with Gasteiger partial charge in [0.05, 0.1) is 13.7 Å². The Morgan fingerprint density at radius 3 is 3.08 bits per heavy atom. The van der Waals surface area contributed by atoms with E-state index in [0.717, 1.165) is 12.0 Å². The third-order valence-corrected chi connectivity index (χ3v) is 1.99. The molecule has 1 aliphatic heterocycles. The predicted molar refractivity (Wildman–Crippen MR) is 43.9 cm³/mol. The standard InChI is InChI=1S/C9H10O3/c1-11-9-7(10)3-2-6-4-5-12-8(6)9/h2-3,10H,4-5H2,1H3. The van der Waals surface area contributed by atoms with Crippen LogP contribution in [0.5, 0.6) is 17.2 Å². The highest BCUT2D eigenvalue weighted by molar-refractivity contribution is 5.56. The van der Waals surface area contributed by atoms with Crippen molar-refractivity contribution in [3.8, 4) is 17.2 Å². The van der Waals surface area contributed by atoms with Gasteiger partial charge < -0.3 is 14.6 Å². The Morgan fingerprint density at radius 2 is 2.33 bits per heavy atom. The Kier molecular flexibility index (Phi) is 1.57. The molecule has 0 unspecified atom stereocenters. The van der Waals surface area contributed by atoms with Crippen molar-refractivity contribution in [1.29, 1.82) is 0 Å². The number of ether oxygens (including phenoxy) is 2. The van der Waals surface area contributed by atoms with E-state index in [1.54, 1.807) is 6.07 Å². The van der Waals surface area contributed by atoms with Crippen molar-refractivity contribution in [3.63, 3.8) is 0 Å². The van der Waals surface area contributed by atoms with Crippen LogP contribution in [0.25, 0.3) is 0 Å². The van der Waals surface area contributed by atoms with Crippen LogP contribution in [0.3, 0.4) is 0 Å². The first-order chi connectivity index (χ1) is 5.83. The van der Waals surface area contributed by atoms with Crippen molar-refractivity contribution in [3.05, 3.63) is 17.7 Å². The van der Waals surface area contributed by atoms with E-state index < -0.39 is 0 Å². The molecule has 1 aromatic carbocycles. The molecule has 0 saturated carbocycles. The minimum Gasteiger partial charge on any atom is -0.504 e. The first kappa shape index (κ1) is 7.28. The van der Waals surface area contributed by atoms with Gasteiger partial charge in [0, 0.05) is 12.0 Å². The first-order valence-corrected chi connectivity index (χ1v) is 3.84. The van der Waals surface area contributed by atoms with Crippen LogP contribution >= 0.6 is 0 Å². The average Bonchev–Trinajstić information content (AvgIpc) is 2.52. The molecule has 1 aromatic rings. The summed E-state index contributed by atoms with van der Waals surface area (Å²) < 4.78 is 10.3. The molecule has 0 spiro atoms. The number of phenolic OH excluding ortho intramolecular Hbond substituents is 1. The maximum Gasteiger partial charge on any atom is 0.203 e. The zero-order valence-corrected chi connectivity index (χ0v) is 6.83. The van der Waals surface area contributed by atoms with E-state index >= 15 is 0 Å². The van der Waals surface area contributed by atoms with Crippen LogP contribution in [-0.4, -0.2) is 18.8 Å². The van der Waals surface area contributed by atoms with Crippen molar-refractivity contribution in [2.24, 2.45) is 0 Å². The summed E-state index contributed by atoms with van der Waals surface area (Å²) in [5, 5.41) is 9.37. The molecule has 0 saturated heterocycles. The molecular weight excluding hydrogens is 156 g/mol. The number of fused-ring (bicyclic) bond motifs is 1. The summed E-state index contributed by atoms with van der Waals surface area (Å²) in [5.74, 6) is 1.28. The molecule has 0 aliphatic carbocycles. The zero-order chi connectivity index (χ0) is 8.55. The third kappa shape index (κ3) is 0.897. The second kappa shape index (κ2) is 2.59. The van der Waals surface area contributed by atoms with Gasteiger partial charge in [-0.05, 0) is 6.07 Å². The van der Waals surface area contributed by atoms with Gasteiger partial charge in [-0.2, -0.15) is 0 Å². The summed E-state index contributed by atoms with van der Waals surface area (Å²) in [7, 11) is 1.52. The molecule has 0 bridgehead atoms. The molecule has 64 valence electrons. The van der Waals surface area contributed by atoms with Crippen LogP contribution in [0, 0.1) is 0 Å². The Morgan fingerprint density at radius 1 is 1.50 bits per heavy atom. The second-order valence-corrected chi connectivity index (χ2v) is 2.70. The van der Waals surface area contributed by atoms with Crippen molar-refractivity contribution in [2.75, 3.05) is 13.7 Å². The first-order valence-electron chi connectivity index (χ1n) is 3.84. The summed E-state index contributed by atoms with van der Waals surface area (Å²) in [4.78, 5) is 0. The highest BCUT2D eigenvalue weighted by Gasteiger charge is 2.19. The Balaban J connectivity index is 2.57. The molecule has 0 amide bonds. The zero-order valence-electron chi connectivity index (χ0n) is 6.83. The van der Waals surface area contributed by atoms with Gasteiger partial charge in [0.1, 0.15) is 0 Å². The van der Waals surface area contributed by atoms with E-state index in [9.17, 15) is 5.11 Å². The number of aromatic hydroxyl groups is 1.